The molecule has 2 nitrogen and oxygen atoms in total. The zero-order chi connectivity index (χ0) is 5.98. The molecule has 1 aliphatic rings. The van der Waals surface area contributed by atoms with Crippen LogP contribution in [0.5, 0.6) is 0 Å². The highest BCUT2D eigenvalue weighted by Gasteiger charge is 2.15. The van der Waals surface area contributed by atoms with E-state index in [1.54, 1.807) is 0 Å². The largest absolute Gasteiger partial charge is 0.455 e. The van der Waals surface area contributed by atoms with E-state index in [-0.39, 0.29) is 11.4 Å². The lowest BCUT2D eigenvalue weighted by molar-refractivity contribution is 0.127. The van der Waals surface area contributed by atoms with Crippen LogP contribution in [0.25, 0.3) is 0 Å². The molecule has 1 fully saturated rings. The summed E-state index contributed by atoms with van der Waals surface area (Å²) in [5.41, 5.74) is 0. The Morgan fingerprint density at radius 3 is 3.00 bits per heavy atom. The van der Waals surface area contributed by atoms with Crippen LogP contribution in [-0.4, -0.2) is 17.2 Å². The quantitative estimate of drug-likeness (QED) is 0.469. The first-order valence-corrected chi connectivity index (χ1v) is 3.61. The minimum atomic E-state index is -0.122. The first kappa shape index (κ1) is 5.95. The summed E-state index contributed by atoms with van der Waals surface area (Å²) in [5.74, 6) is 0.917. The van der Waals surface area contributed by atoms with E-state index in [4.69, 9.17) is 4.74 Å². The van der Waals surface area contributed by atoms with Crippen molar-refractivity contribution in [2.24, 2.45) is 0 Å². The van der Waals surface area contributed by atoms with Gasteiger partial charge >= 0.3 is 5.30 Å². The SMILES string of the molecule is CC1CCSC(=O)O1. The van der Waals surface area contributed by atoms with Crippen molar-refractivity contribution in [1.82, 2.24) is 0 Å². The summed E-state index contributed by atoms with van der Waals surface area (Å²) in [7, 11) is 0. The predicted molar refractivity (Wildman–Crippen MR) is 33.0 cm³/mol. The van der Waals surface area contributed by atoms with Crippen molar-refractivity contribution >= 4 is 17.1 Å². The number of cyclic esters (lactones) is 1. The Morgan fingerprint density at radius 1 is 1.88 bits per heavy atom. The molecule has 1 atom stereocenters. The lowest BCUT2D eigenvalue weighted by atomic mass is 10.3. The van der Waals surface area contributed by atoms with E-state index in [1.807, 2.05) is 6.92 Å². The summed E-state index contributed by atoms with van der Waals surface area (Å²) in [6.45, 7) is 1.91. The third kappa shape index (κ3) is 1.40. The minimum absolute atomic E-state index is 0.122. The van der Waals surface area contributed by atoms with E-state index in [0.29, 0.717) is 0 Å². The number of carbonyl (C=O) groups is 1. The fourth-order valence-corrected chi connectivity index (χ4v) is 1.41. The van der Waals surface area contributed by atoms with Gasteiger partial charge in [-0.2, -0.15) is 0 Å². The van der Waals surface area contributed by atoms with Gasteiger partial charge in [0.1, 0.15) is 6.10 Å². The molecule has 1 aliphatic heterocycles. The van der Waals surface area contributed by atoms with E-state index in [0.717, 1.165) is 12.2 Å². The molecule has 0 aromatic heterocycles. The molecule has 0 N–H and O–H groups in total. The van der Waals surface area contributed by atoms with Crippen molar-refractivity contribution in [3.8, 4) is 0 Å². The standard InChI is InChI=1S/C5H8O2S/c1-4-2-3-8-5(6)7-4/h4H,2-3H2,1H3. The Hall–Kier alpha value is -0.180. The highest BCUT2D eigenvalue weighted by molar-refractivity contribution is 8.13. The van der Waals surface area contributed by atoms with Crippen LogP contribution < -0.4 is 0 Å². The molecule has 1 heterocycles. The van der Waals surface area contributed by atoms with Crippen molar-refractivity contribution in [3.63, 3.8) is 0 Å². The Bertz CT molecular complexity index is 103. The molecule has 1 saturated heterocycles. The number of ether oxygens (including phenoxy) is 1. The van der Waals surface area contributed by atoms with Crippen LogP contribution in [0.4, 0.5) is 4.79 Å². The van der Waals surface area contributed by atoms with Crippen LogP contribution in [0.15, 0.2) is 0 Å². The van der Waals surface area contributed by atoms with Crippen LogP contribution in [0.3, 0.4) is 0 Å². The molecule has 0 saturated carbocycles. The second-order valence-electron chi connectivity index (χ2n) is 1.82. The molecule has 1 rings (SSSR count). The third-order valence-corrected chi connectivity index (χ3v) is 1.81. The fourth-order valence-electron chi connectivity index (χ4n) is 0.565. The third-order valence-electron chi connectivity index (χ3n) is 1.04. The van der Waals surface area contributed by atoms with Gasteiger partial charge in [-0.15, -0.1) is 0 Å². The summed E-state index contributed by atoms with van der Waals surface area (Å²) in [6.07, 6.45) is 1.14. The molecule has 0 bridgehead atoms. The molecule has 0 aromatic carbocycles. The van der Waals surface area contributed by atoms with Crippen LogP contribution >= 0.6 is 11.8 Å². The van der Waals surface area contributed by atoms with Crippen LogP contribution in [0, 0.1) is 0 Å². The zero-order valence-electron chi connectivity index (χ0n) is 4.72. The van der Waals surface area contributed by atoms with E-state index in [1.165, 1.54) is 11.8 Å². The lowest BCUT2D eigenvalue weighted by Crippen LogP contribution is -2.17. The molecule has 0 aliphatic carbocycles. The first-order valence-electron chi connectivity index (χ1n) is 2.62. The molecular weight excluding hydrogens is 124 g/mol. The summed E-state index contributed by atoms with van der Waals surface area (Å²) in [4.78, 5) is 10.4. The number of carbonyl (C=O) groups excluding carboxylic acids is 1. The second-order valence-corrected chi connectivity index (χ2v) is 2.85. The number of thioether (sulfide) groups is 1. The summed E-state index contributed by atoms with van der Waals surface area (Å²) < 4.78 is 4.81. The van der Waals surface area contributed by atoms with Crippen molar-refractivity contribution < 1.29 is 9.53 Å². The van der Waals surface area contributed by atoms with E-state index < -0.39 is 0 Å². The fraction of sp³-hybridized carbons (Fsp3) is 0.800. The van der Waals surface area contributed by atoms with Gasteiger partial charge in [0.2, 0.25) is 0 Å². The number of hydrogen-bond acceptors (Lipinski definition) is 3. The van der Waals surface area contributed by atoms with E-state index >= 15 is 0 Å². The molecule has 0 spiro atoms. The second kappa shape index (κ2) is 2.40. The molecule has 0 aromatic rings. The zero-order valence-corrected chi connectivity index (χ0v) is 5.53. The van der Waals surface area contributed by atoms with E-state index in [9.17, 15) is 4.79 Å². The monoisotopic (exact) mass is 132 g/mol. The van der Waals surface area contributed by atoms with Gasteiger partial charge < -0.3 is 4.74 Å². The van der Waals surface area contributed by atoms with Gasteiger partial charge in [0.05, 0.1) is 0 Å². The number of rotatable bonds is 0. The van der Waals surface area contributed by atoms with Crippen molar-refractivity contribution in [3.05, 3.63) is 0 Å². The van der Waals surface area contributed by atoms with Crippen molar-refractivity contribution in [1.29, 1.82) is 0 Å². The summed E-state index contributed by atoms with van der Waals surface area (Å²) in [6, 6.07) is 0. The molecule has 1 unspecified atom stereocenters. The average molecular weight is 132 g/mol. The van der Waals surface area contributed by atoms with Crippen LogP contribution in [0.2, 0.25) is 0 Å². The van der Waals surface area contributed by atoms with Crippen molar-refractivity contribution in [2.45, 2.75) is 19.4 Å². The number of hydrogen-bond donors (Lipinski definition) is 0. The molecule has 0 radical (unpaired) electrons. The Labute approximate surface area is 52.6 Å². The topological polar surface area (TPSA) is 26.3 Å². The van der Waals surface area contributed by atoms with Gasteiger partial charge in [0.15, 0.2) is 0 Å². The minimum Gasteiger partial charge on any atom is -0.455 e. The average Bonchev–Trinajstić information content (AvgIpc) is 1.64. The maximum absolute atomic E-state index is 10.4. The molecular formula is C5H8O2S. The Morgan fingerprint density at radius 2 is 2.62 bits per heavy atom. The molecule has 3 heteroatoms. The van der Waals surface area contributed by atoms with Gasteiger partial charge in [-0.3, -0.25) is 0 Å². The van der Waals surface area contributed by atoms with Crippen LogP contribution in [0.1, 0.15) is 13.3 Å². The van der Waals surface area contributed by atoms with Gasteiger partial charge in [-0.25, -0.2) is 4.79 Å². The van der Waals surface area contributed by atoms with Gasteiger partial charge in [0.25, 0.3) is 0 Å². The highest BCUT2D eigenvalue weighted by atomic mass is 32.2. The predicted octanol–water partition coefficient (Wildman–Crippen LogP) is 1.65. The van der Waals surface area contributed by atoms with Gasteiger partial charge in [0, 0.05) is 5.75 Å². The molecule has 0 amide bonds. The normalized spacial score (nSPS) is 29.6. The first-order chi connectivity index (χ1) is 3.79. The van der Waals surface area contributed by atoms with E-state index in [2.05, 4.69) is 0 Å². The smallest absolute Gasteiger partial charge is 0.367 e. The summed E-state index contributed by atoms with van der Waals surface area (Å²) in [5, 5.41) is -0.122. The maximum Gasteiger partial charge on any atom is 0.367 e. The highest BCUT2D eigenvalue weighted by Crippen LogP contribution is 2.17. The van der Waals surface area contributed by atoms with Gasteiger partial charge in [-0.1, -0.05) is 0 Å². The van der Waals surface area contributed by atoms with Crippen molar-refractivity contribution in [2.75, 3.05) is 5.75 Å². The van der Waals surface area contributed by atoms with Crippen LogP contribution in [-0.2, 0) is 4.74 Å². The van der Waals surface area contributed by atoms with Gasteiger partial charge in [-0.05, 0) is 25.1 Å². The molecule has 46 valence electrons. The lowest BCUT2D eigenvalue weighted by Gasteiger charge is -2.16. The Balaban J connectivity index is 2.34. The molecule has 8 heavy (non-hydrogen) atoms. The Kier molecular flexibility index (Phi) is 1.78. The summed E-state index contributed by atoms with van der Waals surface area (Å²) >= 11 is 1.26. The maximum atomic E-state index is 10.4.